The molecule has 2 heterocycles. The number of nitrogens with zero attached hydrogens (tertiary/aromatic N) is 3. The summed E-state index contributed by atoms with van der Waals surface area (Å²) < 4.78 is 14.9. The van der Waals surface area contributed by atoms with Gasteiger partial charge in [-0.2, -0.15) is 5.10 Å². The Kier molecular flexibility index (Phi) is 13.2. The van der Waals surface area contributed by atoms with Gasteiger partial charge < -0.3 is 25.2 Å². The lowest BCUT2D eigenvalue weighted by Gasteiger charge is -2.47. The van der Waals surface area contributed by atoms with Gasteiger partial charge in [-0.1, -0.05) is 55.8 Å². The summed E-state index contributed by atoms with van der Waals surface area (Å²) in [5.41, 5.74) is 8.50. The molecule has 10 nitrogen and oxygen atoms in total. The second kappa shape index (κ2) is 18.8. The molecule has 3 aromatic carbocycles. The van der Waals surface area contributed by atoms with Crippen LogP contribution >= 0.6 is 11.6 Å². The zero-order valence-electron chi connectivity index (χ0n) is 37.4. The van der Waals surface area contributed by atoms with E-state index in [0.717, 1.165) is 79.0 Å². The van der Waals surface area contributed by atoms with Gasteiger partial charge in [0.05, 0.1) is 30.6 Å². The maximum Gasteiger partial charge on any atom is 0.329 e. The number of carboxylic acid groups (broad SMARTS) is 1. The number of fused-ring (bicyclic) bond motifs is 3. The highest BCUT2D eigenvalue weighted by Crippen LogP contribution is 2.57. The summed E-state index contributed by atoms with van der Waals surface area (Å²) in [5.74, 6) is 1.91. The lowest BCUT2D eigenvalue weighted by atomic mass is 9.59. The van der Waals surface area contributed by atoms with Gasteiger partial charge in [-0.3, -0.25) is 14.5 Å². The average molecular weight is 873 g/mol. The van der Waals surface area contributed by atoms with Crippen molar-refractivity contribution in [3.63, 3.8) is 0 Å². The number of rotatable bonds is 16. The van der Waals surface area contributed by atoms with E-state index < -0.39 is 11.5 Å². The predicted molar refractivity (Wildman–Crippen MR) is 249 cm³/mol. The Morgan fingerprint density at radius 2 is 1.81 bits per heavy atom. The standard InChI is InChI=1S/C52H62ClN5O5/c1-33(32-63-47-19-24-54-45-15-6-10-34(2)49(45)47)26-40-29-38-17-18-43(31-44(38)51(40)20-22-52(23-21-51,50(60)61)56-42-14-8-13-41(53)30-42)62-25-9-16-48(59)55-36(4)37-11-7-12-39(28-37)46-27-35(3)57-58(46)5/h7-8,11-14,17-19,24,27-28,30-31,33-34,36,40,56H,6,9-10,15-16,20-23,25-26,29,32H2,1-5H3,(H,55,59)(H,60,61)/t33-,34-,36-,40+,51?,52?/m1/s1. The van der Waals surface area contributed by atoms with Crippen molar-refractivity contribution in [1.82, 2.24) is 20.1 Å². The quantitative estimate of drug-likeness (QED) is 0.0837. The van der Waals surface area contributed by atoms with Crippen LogP contribution in [0.2, 0.25) is 5.02 Å². The van der Waals surface area contributed by atoms with E-state index in [1.54, 1.807) is 12.1 Å². The highest BCUT2D eigenvalue weighted by Gasteiger charge is 2.54. The Labute approximate surface area is 377 Å². The van der Waals surface area contributed by atoms with Crippen molar-refractivity contribution in [2.24, 2.45) is 18.9 Å². The van der Waals surface area contributed by atoms with Crippen LogP contribution in [-0.2, 0) is 34.9 Å². The van der Waals surface area contributed by atoms with Crippen molar-refractivity contribution in [3.05, 3.63) is 124 Å². The first kappa shape index (κ1) is 44.3. The molecule has 4 atom stereocenters. The molecule has 8 rings (SSSR count). The first-order valence-corrected chi connectivity index (χ1v) is 23.2. The summed E-state index contributed by atoms with van der Waals surface area (Å²) in [4.78, 5) is 30.9. The molecule has 0 saturated heterocycles. The summed E-state index contributed by atoms with van der Waals surface area (Å²) in [7, 11) is 1.94. The number of aryl methyl sites for hydroxylation is 3. The highest BCUT2D eigenvalue weighted by atomic mass is 35.5. The molecule has 0 aliphatic heterocycles. The van der Waals surface area contributed by atoms with Crippen molar-refractivity contribution in [2.45, 2.75) is 121 Å². The number of aromatic nitrogens is 3. The summed E-state index contributed by atoms with van der Waals surface area (Å²) in [6.45, 7) is 9.57. The van der Waals surface area contributed by atoms with Gasteiger partial charge in [0.15, 0.2) is 0 Å². The van der Waals surface area contributed by atoms with Crippen LogP contribution in [0, 0.1) is 18.8 Å². The van der Waals surface area contributed by atoms with Crippen molar-refractivity contribution < 1.29 is 24.2 Å². The van der Waals surface area contributed by atoms with Gasteiger partial charge in [-0.05, 0) is 166 Å². The van der Waals surface area contributed by atoms with E-state index >= 15 is 0 Å². The van der Waals surface area contributed by atoms with E-state index in [1.807, 2.05) is 62.1 Å². The third-order valence-corrected chi connectivity index (χ3v) is 14.4. The van der Waals surface area contributed by atoms with Crippen LogP contribution in [0.15, 0.2) is 85.1 Å². The topological polar surface area (TPSA) is 128 Å². The molecule has 0 radical (unpaired) electrons. The van der Waals surface area contributed by atoms with Crippen LogP contribution in [0.1, 0.15) is 124 Å². The molecule has 63 heavy (non-hydrogen) atoms. The maximum absolute atomic E-state index is 13.1. The van der Waals surface area contributed by atoms with Crippen LogP contribution in [0.25, 0.3) is 11.3 Å². The first-order chi connectivity index (χ1) is 30.3. The van der Waals surface area contributed by atoms with Gasteiger partial charge in [0, 0.05) is 47.2 Å². The molecule has 1 saturated carbocycles. The van der Waals surface area contributed by atoms with E-state index in [-0.39, 0.29) is 23.3 Å². The number of carbonyl (C=O) groups excluding carboxylic acids is 1. The fourth-order valence-electron chi connectivity index (χ4n) is 10.8. The number of anilines is 1. The SMILES string of the molecule is Cc1cc(-c2cccc([C@@H](C)NC(=O)CCCOc3ccc4c(c3)C3(CCC(Nc5cccc(Cl)c5)(C(=O)O)CC3)[C@@H](C[C@@H](C)COc3ccnc5c3[C@H](C)CCC5)C4)c2)n(C)n1. The zero-order chi connectivity index (χ0) is 44.3. The van der Waals surface area contributed by atoms with E-state index in [4.69, 9.17) is 21.1 Å². The minimum Gasteiger partial charge on any atom is -0.494 e. The third-order valence-electron chi connectivity index (χ3n) is 14.1. The first-order valence-electron chi connectivity index (χ1n) is 22.9. The van der Waals surface area contributed by atoms with Gasteiger partial charge in [0.1, 0.15) is 17.0 Å². The Hall–Kier alpha value is -5.35. The van der Waals surface area contributed by atoms with Crippen LogP contribution < -0.4 is 20.1 Å². The van der Waals surface area contributed by atoms with E-state index in [1.165, 1.54) is 22.4 Å². The van der Waals surface area contributed by atoms with Crippen LogP contribution in [0.5, 0.6) is 11.5 Å². The largest absolute Gasteiger partial charge is 0.494 e. The minimum atomic E-state index is -1.11. The molecule has 11 heteroatoms. The predicted octanol–water partition coefficient (Wildman–Crippen LogP) is 10.9. The molecule has 1 fully saturated rings. The molecule has 1 amide bonds. The number of hydrogen-bond acceptors (Lipinski definition) is 7. The van der Waals surface area contributed by atoms with E-state index in [2.05, 4.69) is 71.0 Å². The highest BCUT2D eigenvalue weighted by molar-refractivity contribution is 6.30. The molecule has 1 spiro atoms. The number of hydrogen-bond donors (Lipinski definition) is 3. The fraction of sp³-hybridized carbons (Fsp3) is 0.462. The molecule has 5 aromatic rings. The molecule has 3 aliphatic rings. The Balaban J connectivity index is 0.936. The normalized spacial score (nSPS) is 22.4. The molecule has 0 unspecified atom stereocenters. The maximum atomic E-state index is 13.1. The van der Waals surface area contributed by atoms with Crippen molar-refractivity contribution in [1.29, 1.82) is 0 Å². The smallest absolute Gasteiger partial charge is 0.329 e. The van der Waals surface area contributed by atoms with Gasteiger partial charge in [-0.15, -0.1) is 0 Å². The summed E-state index contributed by atoms with van der Waals surface area (Å²) in [6.07, 6.45) is 10.4. The van der Waals surface area contributed by atoms with Crippen molar-refractivity contribution in [2.75, 3.05) is 18.5 Å². The molecule has 0 bridgehead atoms. The van der Waals surface area contributed by atoms with Crippen molar-refractivity contribution in [3.8, 4) is 22.8 Å². The number of pyridine rings is 1. The lowest BCUT2D eigenvalue weighted by Crippen LogP contribution is -2.53. The summed E-state index contributed by atoms with van der Waals surface area (Å²) in [5, 5.41) is 22.4. The van der Waals surface area contributed by atoms with Crippen LogP contribution in [0.4, 0.5) is 5.69 Å². The second-order valence-corrected chi connectivity index (χ2v) is 19.1. The number of amides is 1. The van der Waals surface area contributed by atoms with Gasteiger partial charge >= 0.3 is 5.97 Å². The number of carboxylic acids is 1. The second-order valence-electron chi connectivity index (χ2n) is 18.7. The molecule has 2 aromatic heterocycles. The average Bonchev–Trinajstić information content (AvgIpc) is 3.76. The Morgan fingerprint density at radius 3 is 2.57 bits per heavy atom. The van der Waals surface area contributed by atoms with Crippen molar-refractivity contribution >= 4 is 29.2 Å². The summed E-state index contributed by atoms with van der Waals surface area (Å²) in [6, 6.07) is 26.0. The number of halogens is 1. The third kappa shape index (κ3) is 9.62. The number of ether oxygens (including phenoxy) is 2. The monoisotopic (exact) mass is 871 g/mol. The zero-order valence-corrected chi connectivity index (χ0v) is 38.1. The number of nitrogens with one attached hydrogen (secondary N) is 2. The molecular formula is C52H62ClN5O5. The molecule has 3 N–H and O–H groups in total. The van der Waals surface area contributed by atoms with E-state index in [0.29, 0.717) is 61.4 Å². The van der Waals surface area contributed by atoms with Crippen LogP contribution in [0.3, 0.4) is 0 Å². The van der Waals surface area contributed by atoms with Crippen LogP contribution in [-0.4, -0.2) is 50.5 Å². The number of aliphatic carboxylic acids is 1. The minimum absolute atomic E-state index is 0.0180. The fourth-order valence-corrected chi connectivity index (χ4v) is 11.0. The Morgan fingerprint density at radius 1 is 1.00 bits per heavy atom. The van der Waals surface area contributed by atoms with Gasteiger partial charge in [0.25, 0.3) is 0 Å². The molecule has 3 aliphatic carbocycles. The van der Waals surface area contributed by atoms with Gasteiger partial charge in [-0.25, -0.2) is 4.79 Å². The number of benzene rings is 3. The van der Waals surface area contributed by atoms with Gasteiger partial charge in [0.2, 0.25) is 5.91 Å². The Bertz CT molecular complexity index is 2440. The number of carbonyl (C=O) groups is 2. The molecule has 332 valence electrons. The molecular weight excluding hydrogens is 810 g/mol. The van der Waals surface area contributed by atoms with E-state index in [9.17, 15) is 14.7 Å². The summed E-state index contributed by atoms with van der Waals surface area (Å²) >= 11 is 6.33. The lowest BCUT2D eigenvalue weighted by molar-refractivity contribution is -0.144.